The standard InChI is InChI=1S/C11H22NO/c1-9-6-5-7-11(8-10(2)13)12(9,3)4/h9,11H,5-8H2,1-4H3/q+1. The Labute approximate surface area is 81.5 Å². The summed E-state index contributed by atoms with van der Waals surface area (Å²) >= 11 is 0. The van der Waals surface area contributed by atoms with Crippen molar-refractivity contribution in [2.24, 2.45) is 0 Å². The van der Waals surface area contributed by atoms with Crippen molar-refractivity contribution in [1.29, 1.82) is 0 Å². The lowest BCUT2D eigenvalue weighted by atomic mass is 9.91. The highest BCUT2D eigenvalue weighted by Gasteiger charge is 2.37. The summed E-state index contributed by atoms with van der Waals surface area (Å²) in [6.07, 6.45) is 4.58. The van der Waals surface area contributed by atoms with E-state index in [9.17, 15) is 4.79 Å². The summed E-state index contributed by atoms with van der Waals surface area (Å²) in [5.74, 6) is 0.338. The van der Waals surface area contributed by atoms with Crippen LogP contribution in [-0.4, -0.2) is 36.4 Å². The van der Waals surface area contributed by atoms with Gasteiger partial charge in [0.25, 0.3) is 0 Å². The van der Waals surface area contributed by atoms with Gasteiger partial charge in [-0.25, -0.2) is 0 Å². The van der Waals surface area contributed by atoms with Gasteiger partial charge < -0.3 is 4.48 Å². The minimum atomic E-state index is 0.338. The van der Waals surface area contributed by atoms with Gasteiger partial charge in [0, 0.05) is 6.42 Å². The maximum absolute atomic E-state index is 11.1. The van der Waals surface area contributed by atoms with Gasteiger partial charge in [0.15, 0.2) is 0 Å². The van der Waals surface area contributed by atoms with Gasteiger partial charge in [0.1, 0.15) is 5.78 Å². The molecule has 1 heterocycles. The molecule has 0 spiro atoms. The molecule has 1 aliphatic rings. The van der Waals surface area contributed by atoms with Crippen LogP contribution in [0.5, 0.6) is 0 Å². The molecule has 1 saturated heterocycles. The molecule has 0 aromatic heterocycles. The summed E-state index contributed by atoms with van der Waals surface area (Å²) in [5, 5.41) is 0. The number of ketones is 1. The molecule has 0 aromatic carbocycles. The Hall–Kier alpha value is -0.370. The van der Waals surface area contributed by atoms with Gasteiger partial charge >= 0.3 is 0 Å². The highest BCUT2D eigenvalue weighted by molar-refractivity contribution is 5.75. The van der Waals surface area contributed by atoms with E-state index in [-0.39, 0.29) is 0 Å². The topological polar surface area (TPSA) is 17.1 Å². The monoisotopic (exact) mass is 184 g/mol. The largest absolute Gasteiger partial charge is 0.323 e. The first kappa shape index (κ1) is 10.7. The number of piperidine rings is 1. The van der Waals surface area contributed by atoms with E-state index in [2.05, 4.69) is 21.0 Å². The fraction of sp³-hybridized carbons (Fsp3) is 0.909. The number of likely N-dealkylation sites (tertiary alicyclic amines) is 1. The predicted octanol–water partition coefficient (Wildman–Crippen LogP) is 1.98. The molecular formula is C11H22NO+. The highest BCUT2D eigenvalue weighted by atomic mass is 16.1. The SMILES string of the molecule is CC(=O)CC1CCCC(C)[N+]1(C)C. The van der Waals surface area contributed by atoms with Crippen LogP contribution in [0.3, 0.4) is 0 Å². The van der Waals surface area contributed by atoms with Crippen molar-refractivity contribution >= 4 is 5.78 Å². The van der Waals surface area contributed by atoms with Crippen LogP contribution in [0.1, 0.15) is 39.5 Å². The van der Waals surface area contributed by atoms with E-state index in [1.165, 1.54) is 19.3 Å². The number of hydrogen-bond donors (Lipinski definition) is 0. The summed E-state index contributed by atoms with van der Waals surface area (Å²) in [5.41, 5.74) is 0. The van der Waals surface area contributed by atoms with Crippen LogP contribution in [0.25, 0.3) is 0 Å². The molecule has 76 valence electrons. The van der Waals surface area contributed by atoms with E-state index in [4.69, 9.17) is 0 Å². The maximum atomic E-state index is 11.1. The number of carbonyl (C=O) groups is 1. The lowest BCUT2D eigenvalue weighted by Crippen LogP contribution is -2.57. The molecule has 13 heavy (non-hydrogen) atoms. The van der Waals surface area contributed by atoms with Gasteiger partial charge in [0.05, 0.1) is 32.6 Å². The van der Waals surface area contributed by atoms with E-state index in [0.29, 0.717) is 17.9 Å². The molecule has 2 heteroatoms. The molecule has 1 fully saturated rings. The first-order chi connectivity index (χ1) is 5.94. The van der Waals surface area contributed by atoms with Gasteiger partial charge in [-0.1, -0.05) is 0 Å². The quantitative estimate of drug-likeness (QED) is 0.600. The summed E-state index contributed by atoms with van der Waals surface area (Å²) in [4.78, 5) is 11.1. The molecule has 1 aliphatic heterocycles. The Bertz CT molecular complexity index is 198. The first-order valence-electron chi connectivity index (χ1n) is 5.27. The van der Waals surface area contributed by atoms with E-state index < -0.39 is 0 Å². The van der Waals surface area contributed by atoms with Crippen LogP contribution in [0, 0.1) is 0 Å². The minimum Gasteiger partial charge on any atom is -0.323 e. The lowest BCUT2D eigenvalue weighted by Gasteiger charge is -2.46. The fourth-order valence-corrected chi connectivity index (χ4v) is 2.34. The predicted molar refractivity (Wildman–Crippen MR) is 54.5 cm³/mol. The summed E-state index contributed by atoms with van der Waals surface area (Å²) in [6.45, 7) is 4.01. The van der Waals surface area contributed by atoms with Crippen LogP contribution >= 0.6 is 0 Å². The van der Waals surface area contributed by atoms with Gasteiger partial charge in [-0.15, -0.1) is 0 Å². The molecule has 0 radical (unpaired) electrons. The third-order valence-electron chi connectivity index (χ3n) is 3.76. The number of quaternary nitrogens is 1. The molecule has 0 aromatic rings. The second-order valence-electron chi connectivity index (χ2n) is 4.97. The maximum Gasteiger partial charge on any atom is 0.135 e. The summed E-state index contributed by atoms with van der Waals surface area (Å²) in [6, 6.07) is 1.26. The van der Waals surface area contributed by atoms with Crippen molar-refractivity contribution in [3.05, 3.63) is 0 Å². The van der Waals surface area contributed by atoms with Crippen molar-refractivity contribution in [3.63, 3.8) is 0 Å². The molecule has 0 N–H and O–H groups in total. The molecule has 0 saturated carbocycles. The summed E-state index contributed by atoms with van der Waals surface area (Å²) in [7, 11) is 4.52. The van der Waals surface area contributed by atoms with Crippen molar-refractivity contribution in [3.8, 4) is 0 Å². The van der Waals surface area contributed by atoms with Gasteiger partial charge in [-0.3, -0.25) is 4.79 Å². The van der Waals surface area contributed by atoms with Gasteiger partial charge in [-0.2, -0.15) is 0 Å². The molecule has 2 nitrogen and oxygen atoms in total. The second-order valence-corrected chi connectivity index (χ2v) is 4.97. The third kappa shape index (κ3) is 2.31. The number of Topliss-reactive ketones (excluding diaryl/α,β-unsaturated/α-hetero) is 1. The highest BCUT2D eigenvalue weighted by Crippen LogP contribution is 2.29. The van der Waals surface area contributed by atoms with E-state index in [1.54, 1.807) is 6.92 Å². The zero-order valence-corrected chi connectivity index (χ0v) is 9.34. The average molecular weight is 184 g/mol. The normalized spacial score (nSPS) is 32.9. The zero-order chi connectivity index (χ0) is 10.1. The van der Waals surface area contributed by atoms with Crippen LogP contribution < -0.4 is 0 Å². The molecule has 0 aliphatic carbocycles. The van der Waals surface area contributed by atoms with E-state index in [1.807, 2.05) is 0 Å². The third-order valence-corrected chi connectivity index (χ3v) is 3.76. The van der Waals surface area contributed by atoms with Crippen molar-refractivity contribution < 1.29 is 9.28 Å². The number of carbonyl (C=O) groups excluding carboxylic acids is 1. The molecule has 2 unspecified atom stereocenters. The van der Waals surface area contributed by atoms with Crippen molar-refractivity contribution in [2.45, 2.75) is 51.6 Å². The number of nitrogens with zero attached hydrogens (tertiary/aromatic N) is 1. The Morgan fingerprint density at radius 3 is 2.54 bits per heavy atom. The summed E-state index contributed by atoms with van der Waals surface area (Å²) < 4.78 is 1.03. The molecule has 0 amide bonds. The van der Waals surface area contributed by atoms with Crippen molar-refractivity contribution in [2.75, 3.05) is 14.1 Å². The van der Waals surface area contributed by atoms with Gasteiger partial charge in [-0.05, 0) is 26.7 Å². The van der Waals surface area contributed by atoms with Crippen LogP contribution in [0.15, 0.2) is 0 Å². The first-order valence-corrected chi connectivity index (χ1v) is 5.27. The smallest absolute Gasteiger partial charge is 0.135 e. The Kier molecular flexibility index (Phi) is 3.12. The zero-order valence-electron chi connectivity index (χ0n) is 9.34. The Morgan fingerprint density at radius 1 is 1.38 bits per heavy atom. The van der Waals surface area contributed by atoms with E-state index >= 15 is 0 Å². The molecule has 0 bridgehead atoms. The van der Waals surface area contributed by atoms with Crippen LogP contribution in [-0.2, 0) is 4.79 Å². The number of rotatable bonds is 2. The van der Waals surface area contributed by atoms with Gasteiger partial charge in [0.2, 0.25) is 0 Å². The molecule has 2 atom stereocenters. The minimum absolute atomic E-state index is 0.338. The molecular weight excluding hydrogens is 162 g/mol. The number of hydrogen-bond acceptors (Lipinski definition) is 1. The fourth-order valence-electron chi connectivity index (χ4n) is 2.34. The molecule has 1 rings (SSSR count). The Balaban J connectivity index is 2.66. The van der Waals surface area contributed by atoms with Crippen LogP contribution in [0.4, 0.5) is 0 Å². The van der Waals surface area contributed by atoms with Crippen molar-refractivity contribution in [1.82, 2.24) is 0 Å². The van der Waals surface area contributed by atoms with Crippen LogP contribution in [0.2, 0.25) is 0 Å². The Morgan fingerprint density at radius 2 is 2.00 bits per heavy atom. The lowest BCUT2D eigenvalue weighted by molar-refractivity contribution is -0.941. The van der Waals surface area contributed by atoms with E-state index in [0.717, 1.165) is 10.9 Å². The average Bonchev–Trinajstić information content (AvgIpc) is 1.99. The second kappa shape index (κ2) is 3.79.